The average Bonchev–Trinajstić information content (AvgIpc) is 3.22. The van der Waals surface area contributed by atoms with E-state index in [1.807, 2.05) is 6.07 Å². The van der Waals surface area contributed by atoms with E-state index in [-0.39, 0.29) is 23.6 Å². The Morgan fingerprint density at radius 2 is 1.97 bits per heavy atom. The number of anilines is 3. The molecule has 0 radical (unpaired) electrons. The third-order valence-electron chi connectivity index (χ3n) is 4.72. The van der Waals surface area contributed by atoms with Gasteiger partial charge in [0, 0.05) is 34.8 Å². The van der Waals surface area contributed by atoms with Gasteiger partial charge in [-0.2, -0.15) is 5.26 Å². The predicted molar refractivity (Wildman–Crippen MR) is 117 cm³/mol. The van der Waals surface area contributed by atoms with Crippen LogP contribution < -0.4 is 16.2 Å². The molecule has 0 spiro atoms. The quantitative estimate of drug-likeness (QED) is 0.508. The molecule has 2 heterocycles. The second-order valence-electron chi connectivity index (χ2n) is 6.97. The summed E-state index contributed by atoms with van der Waals surface area (Å²) in [6.45, 7) is 0. The number of rotatable bonds is 5. The first-order chi connectivity index (χ1) is 15.4. The number of carbonyl (C=O) groups is 2. The molecule has 1 saturated heterocycles. The van der Waals surface area contributed by atoms with Crippen LogP contribution in [-0.2, 0) is 14.3 Å². The Bertz CT molecular complexity index is 1300. The van der Waals surface area contributed by atoms with Crippen LogP contribution in [0.3, 0.4) is 0 Å². The lowest BCUT2D eigenvalue weighted by Gasteiger charge is -2.12. The molecule has 1 unspecified atom stereocenters. The number of H-pyrrole nitrogens is 1. The number of carbonyl (C=O) groups excluding carboxylic acids is 2. The summed E-state index contributed by atoms with van der Waals surface area (Å²) in [5.41, 5.74) is 0.874. The standard InChI is InChI=1S/C22H16ClN5O4/c23-13-4-6-14(7-5-13)26-22-27-19(16(11-24)20(30)28-22)12-2-1-3-15(10-12)25-21(31)17-8-9-18(29)32-17/h1-7,10,17H,8-9H2,(H,25,31)(H2,26,27,28,30). The molecule has 0 bridgehead atoms. The first-order valence-electron chi connectivity index (χ1n) is 9.61. The number of halogens is 1. The monoisotopic (exact) mass is 449 g/mol. The van der Waals surface area contributed by atoms with Crippen molar-refractivity contribution in [3.63, 3.8) is 0 Å². The lowest BCUT2D eigenvalue weighted by Crippen LogP contribution is -2.27. The first-order valence-corrected chi connectivity index (χ1v) is 9.98. The van der Waals surface area contributed by atoms with Crippen molar-refractivity contribution in [1.29, 1.82) is 5.26 Å². The van der Waals surface area contributed by atoms with Gasteiger partial charge in [0.15, 0.2) is 6.10 Å². The second-order valence-corrected chi connectivity index (χ2v) is 7.41. The molecule has 0 aliphatic carbocycles. The van der Waals surface area contributed by atoms with Gasteiger partial charge in [-0.1, -0.05) is 23.7 Å². The van der Waals surface area contributed by atoms with Crippen LogP contribution in [0.15, 0.2) is 53.3 Å². The van der Waals surface area contributed by atoms with Crippen LogP contribution in [0.4, 0.5) is 17.3 Å². The summed E-state index contributed by atoms with van der Waals surface area (Å²) in [7, 11) is 0. The number of amides is 1. The van der Waals surface area contributed by atoms with E-state index in [2.05, 4.69) is 20.6 Å². The Hall–Kier alpha value is -4.16. The van der Waals surface area contributed by atoms with Crippen molar-refractivity contribution in [2.45, 2.75) is 18.9 Å². The van der Waals surface area contributed by atoms with Gasteiger partial charge < -0.3 is 15.4 Å². The van der Waals surface area contributed by atoms with Crippen LogP contribution in [0.5, 0.6) is 0 Å². The molecule has 1 fully saturated rings. The zero-order valence-electron chi connectivity index (χ0n) is 16.5. The maximum absolute atomic E-state index is 12.5. The van der Waals surface area contributed by atoms with Gasteiger partial charge in [0.25, 0.3) is 11.5 Å². The fourth-order valence-corrected chi connectivity index (χ4v) is 3.32. The summed E-state index contributed by atoms with van der Waals surface area (Å²) in [4.78, 5) is 43.0. The first kappa shape index (κ1) is 21.1. The van der Waals surface area contributed by atoms with E-state index < -0.39 is 23.5 Å². The Kier molecular flexibility index (Phi) is 5.87. The number of nitrogens with one attached hydrogen (secondary N) is 3. The Morgan fingerprint density at radius 1 is 1.19 bits per heavy atom. The minimum absolute atomic E-state index is 0.138. The van der Waals surface area contributed by atoms with Crippen LogP contribution in [0.2, 0.25) is 5.02 Å². The molecule has 1 aliphatic rings. The van der Waals surface area contributed by atoms with Crippen molar-refractivity contribution in [1.82, 2.24) is 9.97 Å². The van der Waals surface area contributed by atoms with Crippen molar-refractivity contribution in [3.8, 4) is 17.3 Å². The van der Waals surface area contributed by atoms with Crippen LogP contribution in [0.25, 0.3) is 11.3 Å². The van der Waals surface area contributed by atoms with Crippen LogP contribution in [0, 0.1) is 11.3 Å². The highest BCUT2D eigenvalue weighted by atomic mass is 35.5. The number of benzene rings is 2. The minimum Gasteiger partial charge on any atom is -0.452 e. The molecule has 9 nitrogen and oxygen atoms in total. The third-order valence-corrected chi connectivity index (χ3v) is 4.97. The van der Waals surface area contributed by atoms with E-state index in [4.69, 9.17) is 16.3 Å². The van der Waals surface area contributed by atoms with E-state index in [1.165, 1.54) is 0 Å². The SMILES string of the molecule is N#Cc1c(-c2cccc(NC(=O)C3CCC(=O)O3)c2)nc(Nc2ccc(Cl)cc2)[nH]c1=O. The second kappa shape index (κ2) is 8.91. The Balaban J connectivity index is 1.64. The molecule has 32 heavy (non-hydrogen) atoms. The molecular weight excluding hydrogens is 434 g/mol. The summed E-state index contributed by atoms with van der Waals surface area (Å²) in [5.74, 6) is -0.720. The predicted octanol–water partition coefficient (Wildman–Crippen LogP) is 3.35. The fourth-order valence-electron chi connectivity index (χ4n) is 3.19. The van der Waals surface area contributed by atoms with E-state index in [0.29, 0.717) is 28.4 Å². The van der Waals surface area contributed by atoms with Crippen LogP contribution >= 0.6 is 11.6 Å². The Labute approximate surface area is 187 Å². The summed E-state index contributed by atoms with van der Waals surface area (Å²) < 4.78 is 4.97. The topological polar surface area (TPSA) is 137 Å². The molecule has 1 aliphatic heterocycles. The minimum atomic E-state index is -0.839. The number of aromatic amines is 1. The molecule has 2 aromatic carbocycles. The maximum Gasteiger partial charge on any atom is 0.306 e. The molecule has 1 amide bonds. The van der Waals surface area contributed by atoms with Crippen molar-refractivity contribution >= 4 is 40.8 Å². The van der Waals surface area contributed by atoms with Gasteiger partial charge in [0.1, 0.15) is 11.6 Å². The summed E-state index contributed by atoms with van der Waals surface area (Å²) in [5, 5.41) is 15.7. The van der Waals surface area contributed by atoms with Crippen molar-refractivity contribution in [2.24, 2.45) is 0 Å². The number of esters is 1. The largest absolute Gasteiger partial charge is 0.452 e. The van der Waals surface area contributed by atoms with Crippen LogP contribution in [0.1, 0.15) is 18.4 Å². The maximum atomic E-state index is 12.5. The van der Waals surface area contributed by atoms with Gasteiger partial charge in [0.05, 0.1) is 5.69 Å². The number of ether oxygens (including phenoxy) is 1. The van der Waals surface area contributed by atoms with Crippen molar-refractivity contribution < 1.29 is 14.3 Å². The molecule has 3 N–H and O–H groups in total. The molecule has 3 aromatic rings. The molecule has 0 saturated carbocycles. The van der Waals surface area contributed by atoms with Gasteiger partial charge in [-0.3, -0.25) is 19.4 Å². The van der Waals surface area contributed by atoms with Gasteiger partial charge in [0.2, 0.25) is 5.95 Å². The molecule has 1 aromatic heterocycles. The molecular formula is C22H16ClN5O4. The van der Waals surface area contributed by atoms with Crippen molar-refractivity contribution in [3.05, 3.63) is 69.5 Å². The van der Waals surface area contributed by atoms with Gasteiger partial charge in [-0.25, -0.2) is 4.98 Å². The molecule has 10 heteroatoms. The highest BCUT2D eigenvalue weighted by molar-refractivity contribution is 6.30. The number of nitriles is 1. The zero-order chi connectivity index (χ0) is 22.7. The molecule has 4 rings (SSSR count). The fraction of sp³-hybridized carbons (Fsp3) is 0.136. The smallest absolute Gasteiger partial charge is 0.306 e. The van der Waals surface area contributed by atoms with E-state index >= 15 is 0 Å². The van der Waals surface area contributed by atoms with Gasteiger partial charge in [-0.15, -0.1) is 0 Å². The van der Waals surface area contributed by atoms with Crippen molar-refractivity contribution in [2.75, 3.05) is 10.6 Å². The summed E-state index contributed by atoms with van der Waals surface area (Å²) in [6, 6.07) is 15.2. The number of hydrogen-bond acceptors (Lipinski definition) is 7. The highest BCUT2D eigenvalue weighted by Gasteiger charge is 2.29. The van der Waals surface area contributed by atoms with E-state index in [0.717, 1.165) is 0 Å². The number of nitrogens with zero attached hydrogens (tertiary/aromatic N) is 2. The third kappa shape index (κ3) is 4.61. The van der Waals surface area contributed by atoms with Crippen LogP contribution in [-0.4, -0.2) is 27.9 Å². The lowest BCUT2D eigenvalue weighted by atomic mass is 10.1. The Morgan fingerprint density at radius 3 is 2.66 bits per heavy atom. The summed E-state index contributed by atoms with van der Waals surface area (Å²) >= 11 is 5.89. The number of cyclic esters (lactones) is 1. The van der Waals surface area contributed by atoms with Gasteiger partial charge >= 0.3 is 5.97 Å². The van der Waals surface area contributed by atoms with Gasteiger partial charge in [-0.05, 0) is 36.4 Å². The number of aromatic nitrogens is 2. The highest BCUT2D eigenvalue weighted by Crippen LogP contribution is 2.25. The average molecular weight is 450 g/mol. The van der Waals surface area contributed by atoms with E-state index in [1.54, 1.807) is 48.5 Å². The molecule has 160 valence electrons. The number of hydrogen-bond donors (Lipinski definition) is 3. The normalized spacial score (nSPS) is 15.0. The van der Waals surface area contributed by atoms with E-state index in [9.17, 15) is 19.6 Å². The zero-order valence-corrected chi connectivity index (χ0v) is 17.3. The lowest BCUT2D eigenvalue weighted by molar-refractivity contribution is -0.146. The summed E-state index contributed by atoms with van der Waals surface area (Å²) in [6.07, 6.45) is -0.323. The molecule has 1 atom stereocenters.